The van der Waals surface area contributed by atoms with E-state index in [2.05, 4.69) is 6.92 Å². The van der Waals surface area contributed by atoms with Gasteiger partial charge in [-0.15, -0.1) is 0 Å². The Morgan fingerprint density at radius 3 is 2.53 bits per heavy atom. The minimum absolute atomic E-state index is 0.0273. The highest BCUT2D eigenvalue weighted by Crippen LogP contribution is 2.04. The number of carbonyl (C=O) groups excluding carboxylic acids is 1. The Hall–Kier alpha value is -0.650. The molecule has 0 bridgehead atoms. The van der Waals surface area contributed by atoms with E-state index >= 15 is 0 Å². The van der Waals surface area contributed by atoms with Crippen molar-refractivity contribution in [1.82, 2.24) is 4.90 Å². The molecule has 5 heteroatoms. The van der Waals surface area contributed by atoms with Gasteiger partial charge in [0.15, 0.2) is 0 Å². The maximum atomic E-state index is 12.0. The second kappa shape index (κ2) is 10.5. The lowest BCUT2D eigenvalue weighted by molar-refractivity contribution is -0.142. The largest absolute Gasteiger partial charge is 0.395 e. The number of methoxy groups -OCH3 is 1. The molecular weight excluding hydrogens is 220 g/mol. The fourth-order valence-corrected chi connectivity index (χ4v) is 1.68. The molecule has 0 aromatic rings. The second-order valence-electron chi connectivity index (χ2n) is 4.07. The lowest BCUT2D eigenvalue weighted by Gasteiger charge is -2.25. The van der Waals surface area contributed by atoms with Gasteiger partial charge in [0.1, 0.15) is 6.10 Å². The Labute approximate surface area is 104 Å². The van der Waals surface area contributed by atoms with E-state index < -0.39 is 6.10 Å². The topological polar surface area (TPSA) is 75.8 Å². The van der Waals surface area contributed by atoms with Crippen LogP contribution in [0.3, 0.4) is 0 Å². The van der Waals surface area contributed by atoms with Gasteiger partial charge < -0.3 is 20.5 Å². The summed E-state index contributed by atoms with van der Waals surface area (Å²) < 4.78 is 5.02. The van der Waals surface area contributed by atoms with Crippen molar-refractivity contribution >= 4 is 5.91 Å². The van der Waals surface area contributed by atoms with E-state index in [1.54, 1.807) is 4.90 Å². The number of nitrogens with two attached hydrogens (primary N) is 1. The van der Waals surface area contributed by atoms with Gasteiger partial charge in [-0.05, 0) is 6.42 Å². The molecule has 0 radical (unpaired) electrons. The molecule has 0 aliphatic carbocycles. The first kappa shape index (κ1) is 16.4. The molecule has 0 aromatic carbocycles. The zero-order chi connectivity index (χ0) is 13.1. The van der Waals surface area contributed by atoms with Crippen molar-refractivity contribution in [2.45, 2.75) is 38.7 Å². The third-order valence-electron chi connectivity index (χ3n) is 2.74. The summed E-state index contributed by atoms with van der Waals surface area (Å²) in [6.07, 6.45) is 3.81. The Morgan fingerprint density at radius 2 is 2.06 bits per heavy atom. The normalized spacial score (nSPS) is 12.5. The van der Waals surface area contributed by atoms with Crippen LogP contribution in [-0.4, -0.2) is 55.4 Å². The quantitative estimate of drug-likeness (QED) is 0.546. The van der Waals surface area contributed by atoms with E-state index in [4.69, 9.17) is 15.6 Å². The summed E-state index contributed by atoms with van der Waals surface area (Å²) in [4.78, 5) is 13.6. The van der Waals surface area contributed by atoms with Crippen LogP contribution in [0.5, 0.6) is 0 Å². The van der Waals surface area contributed by atoms with Crippen molar-refractivity contribution in [2.75, 3.05) is 33.4 Å². The highest BCUT2D eigenvalue weighted by molar-refractivity contribution is 5.81. The van der Waals surface area contributed by atoms with E-state index in [1.165, 1.54) is 13.5 Å². The third-order valence-corrected chi connectivity index (χ3v) is 2.74. The molecule has 5 nitrogen and oxygen atoms in total. The number of amides is 1. The van der Waals surface area contributed by atoms with Crippen molar-refractivity contribution in [3.8, 4) is 0 Å². The van der Waals surface area contributed by atoms with Crippen molar-refractivity contribution in [3.05, 3.63) is 0 Å². The number of unbranched alkanes of at least 4 members (excludes halogenated alkanes) is 3. The molecule has 0 rings (SSSR count). The monoisotopic (exact) mass is 246 g/mol. The maximum Gasteiger partial charge on any atom is 0.253 e. The molecule has 0 aromatic heterocycles. The van der Waals surface area contributed by atoms with Crippen LogP contribution >= 0.6 is 0 Å². The Morgan fingerprint density at radius 1 is 1.35 bits per heavy atom. The van der Waals surface area contributed by atoms with Gasteiger partial charge in [0.2, 0.25) is 0 Å². The highest BCUT2D eigenvalue weighted by Gasteiger charge is 2.21. The lowest BCUT2D eigenvalue weighted by atomic mass is 10.2. The zero-order valence-corrected chi connectivity index (χ0v) is 11.0. The molecule has 0 fully saturated rings. The van der Waals surface area contributed by atoms with Gasteiger partial charge >= 0.3 is 0 Å². The number of ether oxygens (including phenoxy) is 1. The number of aliphatic hydroxyl groups excluding tert-OH is 1. The first-order valence-corrected chi connectivity index (χ1v) is 6.33. The average Bonchev–Trinajstić information content (AvgIpc) is 2.34. The summed E-state index contributed by atoms with van der Waals surface area (Å²) in [5, 5.41) is 8.95. The van der Waals surface area contributed by atoms with E-state index in [0.29, 0.717) is 13.1 Å². The van der Waals surface area contributed by atoms with Crippen molar-refractivity contribution in [3.63, 3.8) is 0 Å². The molecule has 17 heavy (non-hydrogen) atoms. The van der Waals surface area contributed by atoms with Crippen LogP contribution in [0.2, 0.25) is 0 Å². The maximum absolute atomic E-state index is 12.0. The number of aliphatic hydroxyl groups is 1. The molecular formula is C12H26N2O3. The van der Waals surface area contributed by atoms with Gasteiger partial charge in [-0.25, -0.2) is 0 Å². The van der Waals surface area contributed by atoms with Gasteiger partial charge in [0.25, 0.3) is 5.91 Å². The Balaban J connectivity index is 4.14. The van der Waals surface area contributed by atoms with Gasteiger partial charge in [-0.1, -0.05) is 26.2 Å². The van der Waals surface area contributed by atoms with E-state index in [-0.39, 0.29) is 19.1 Å². The molecule has 0 saturated heterocycles. The van der Waals surface area contributed by atoms with Crippen LogP contribution in [-0.2, 0) is 9.53 Å². The number of hydrogen-bond acceptors (Lipinski definition) is 4. The molecule has 0 saturated carbocycles. The highest BCUT2D eigenvalue weighted by atomic mass is 16.5. The number of hydrogen-bond donors (Lipinski definition) is 2. The zero-order valence-electron chi connectivity index (χ0n) is 11.0. The van der Waals surface area contributed by atoms with Crippen molar-refractivity contribution in [2.24, 2.45) is 5.73 Å². The first-order chi connectivity index (χ1) is 8.21. The SMILES string of the molecule is CCCCCCN(CCO)C(=O)C(CN)OC. The molecule has 3 N–H and O–H groups in total. The van der Waals surface area contributed by atoms with Crippen LogP contribution in [0.4, 0.5) is 0 Å². The molecule has 0 spiro atoms. The van der Waals surface area contributed by atoms with E-state index in [9.17, 15) is 4.79 Å². The Bertz CT molecular complexity index is 196. The summed E-state index contributed by atoms with van der Waals surface area (Å²) in [6, 6.07) is 0. The first-order valence-electron chi connectivity index (χ1n) is 6.33. The lowest BCUT2D eigenvalue weighted by Crippen LogP contribution is -2.45. The summed E-state index contributed by atoms with van der Waals surface area (Å²) in [5.41, 5.74) is 5.46. The summed E-state index contributed by atoms with van der Waals surface area (Å²) in [6.45, 7) is 3.31. The number of rotatable bonds is 10. The fraction of sp³-hybridized carbons (Fsp3) is 0.917. The molecule has 1 atom stereocenters. The van der Waals surface area contributed by atoms with Crippen LogP contribution in [0, 0.1) is 0 Å². The Kier molecular flexibility index (Phi) is 10.1. The summed E-state index contributed by atoms with van der Waals surface area (Å²) >= 11 is 0. The number of nitrogens with zero attached hydrogens (tertiary/aromatic N) is 1. The summed E-state index contributed by atoms with van der Waals surface area (Å²) in [7, 11) is 1.48. The fourth-order valence-electron chi connectivity index (χ4n) is 1.68. The van der Waals surface area contributed by atoms with Gasteiger partial charge in [0, 0.05) is 26.7 Å². The van der Waals surface area contributed by atoms with Crippen LogP contribution < -0.4 is 5.73 Å². The standard InChI is InChI=1S/C12H26N2O3/c1-3-4-5-6-7-14(8-9-15)12(16)11(10-13)17-2/h11,15H,3-10,13H2,1-2H3. The van der Waals surface area contributed by atoms with Crippen molar-refractivity contribution < 1.29 is 14.6 Å². The molecule has 0 aliphatic heterocycles. The molecule has 1 amide bonds. The van der Waals surface area contributed by atoms with Gasteiger partial charge in [0.05, 0.1) is 6.61 Å². The van der Waals surface area contributed by atoms with E-state index in [0.717, 1.165) is 19.3 Å². The minimum Gasteiger partial charge on any atom is -0.395 e. The second-order valence-corrected chi connectivity index (χ2v) is 4.07. The molecule has 102 valence electrons. The summed E-state index contributed by atoms with van der Waals surface area (Å²) in [5.74, 6) is -0.124. The minimum atomic E-state index is -0.590. The predicted octanol–water partition coefficient (Wildman–Crippen LogP) is 0.361. The average molecular weight is 246 g/mol. The van der Waals surface area contributed by atoms with Crippen LogP contribution in [0.1, 0.15) is 32.6 Å². The van der Waals surface area contributed by atoms with Crippen molar-refractivity contribution in [1.29, 1.82) is 0 Å². The molecule has 0 aliphatic rings. The number of carbonyl (C=O) groups is 1. The predicted molar refractivity (Wildman–Crippen MR) is 67.7 cm³/mol. The smallest absolute Gasteiger partial charge is 0.253 e. The van der Waals surface area contributed by atoms with E-state index in [1.807, 2.05) is 0 Å². The van der Waals surface area contributed by atoms with Gasteiger partial charge in [-0.2, -0.15) is 0 Å². The van der Waals surface area contributed by atoms with Crippen LogP contribution in [0.15, 0.2) is 0 Å². The van der Waals surface area contributed by atoms with Crippen LogP contribution in [0.25, 0.3) is 0 Å². The molecule has 1 unspecified atom stereocenters. The molecule has 0 heterocycles. The van der Waals surface area contributed by atoms with Gasteiger partial charge in [-0.3, -0.25) is 4.79 Å². The third kappa shape index (κ3) is 6.61.